The van der Waals surface area contributed by atoms with Crippen molar-refractivity contribution in [3.05, 3.63) is 25.8 Å². The minimum absolute atomic E-state index is 0.183. The van der Waals surface area contributed by atoms with E-state index in [1.165, 1.54) is 0 Å². The third-order valence-electron chi connectivity index (χ3n) is 2.64. The van der Waals surface area contributed by atoms with Gasteiger partial charge in [0.25, 0.3) is 5.56 Å². The molecule has 0 aliphatic carbocycles. The SMILES string of the molecule is Cn1cc(-c2nc(O)c(I)c(=O)[nH]2)c(C(C)(C)C)n1. The van der Waals surface area contributed by atoms with E-state index in [4.69, 9.17) is 0 Å². The average Bonchev–Trinajstić information content (AvgIpc) is 2.67. The number of halogens is 1. The van der Waals surface area contributed by atoms with Gasteiger partial charge in [-0.2, -0.15) is 10.1 Å². The van der Waals surface area contributed by atoms with Crippen molar-refractivity contribution in [2.75, 3.05) is 0 Å². The molecular formula is C12H15IN4O2. The molecule has 0 unspecified atom stereocenters. The van der Waals surface area contributed by atoms with E-state index in [0.29, 0.717) is 5.82 Å². The molecular weight excluding hydrogens is 359 g/mol. The molecule has 0 saturated carbocycles. The second kappa shape index (κ2) is 4.62. The Morgan fingerprint density at radius 1 is 1.42 bits per heavy atom. The smallest absolute Gasteiger partial charge is 0.268 e. The molecule has 2 aromatic rings. The summed E-state index contributed by atoms with van der Waals surface area (Å²) >= 11 is 1.76. The molecule has 0 aromatic carbocycles. The van der Waals surface area contributed by atoms with Crippen LogP contribution in [0.2, 0.25) is 0 Å². The van der Waals surface area contributed by atoms with Gasteiger partial charge in [0.05, 0.1) is 11.3 Å². The topological polar surface area (TPSA) is 83.8 Å². The zero-order valence-corrected chi connectivity index (χ0v) is 13.3. The van der Waals surface area contributed by atoms with E-state index in [1.54, 1.807) is 33.5 Å². The number of nitrogens with one attached hydrogen (secondary N) is 1. The highest BCUT2D eigenvalue weighted by Gasteiger charge is 2.24. The molecule has 2 aromatic heterocycles. The Balaban J connectivity index is 2.70. The predicted molar refractivity (Wildman–Crippen MR) is 80.1 cm³/mol. The zero-order chi connectivity index (χ0) is 14.4. The van der Waals surface area contributed by atoms with Gasteiger partial charge in [0.15, 0.2) is 0 Å². The highest BCUT2D eigenvalue weighted by atomic mass is 127. The lowest BCUT2D eigenvalue weighted by atomic mass is 9.89. The van der Waals surface area contributed by atoms with Gasteiger partial charge in [-0.1, -0.05) is 20.8 Å². The number of hydrogen-bond acceptors (Lipinski definition) is 4. The van der Waals surface area contributed by atoms with E-state index in [9.17, 15) is 9.90 Å². The minimum Gasteiger partial charge on any atom is -0.492 e. The lowest BCUT2D eigenvalue weighted by Gasteiger charge is -2.17. The van der Waals surface area contributed by atoms with E-state index in [2.05, 4.69) is 15.1 Å². The number of aryl methyl sites for hydroxylation is 1. The number of nitrogens with zero attached hydrogens (tertiary/aromatic N) is 3. The molecule has 19 heavy (non-hydrogen) atoms. The molecule has 6 nitrogen and oxygen atoms in total. The molecule has 2 heterocycles. The van der Waals surface area contributed by atoms with Crippen LogP contribution in [0.15, 0.2) is 11.0 Å². The first-order chi connectivity index (χ1) is 8.70. The maximum absolute atomic E-state index is 11.7. The Morgan fingerprint density at radius 2 is 2.05 bits per heavy atom. The first-order valence-electron chi connectivity index (χ1n) is 5.73. The molecule has 0 spiro atoms. The zero-order valence-electron chi connectivity index (χ0n) is 11.2. The van der Waals surface area contributed by atoms with Crippen molar-refractivity contribution in [3.63, 3.8) is 0 Å². The van der Waals surface area contributed by atoms with Crippen molar-refractivity contribution in [2.24, 2.45) is 7.05 Å². The molecule has 2 rings (SSSR count). The van der Waals surface area contributed by atoms with Crippen LogP contribution in [0, 0.1) is 3.57 Å². The summed E-state index contributed by atoms with van der Waals surface area (Å²) in [4.78, 5) is 18.4. The van der Waals surface area contributed by atoms with Crippen LogP contribution in [0.3, 0.4) is 0 Å². The molecule has 0 amide bonds. The van der Waals surface area contributed by atoms with Gasteiger partial charge in [0.1, 0.15) is 9.39 Å². The molecule has 0 aliphatic heterocycles. The maximum atomic E-state index is 11.7. The van der Waals surface area contributed by atoms with Gasteiger partial charge in [-0.05, 0) is 22.6 Å². The summed E-state index contributed by atoms with van der Waals surface area (Å²) in [6, 6.07) is 0. The van der Waals surface area contributed by atoms with Gasteiger partial charge < -0.3 is 10.1 Å². The fraction of sp³-hybridized carbons (Fsp3) is 0.417. The Labute approximate surface area is 124 Å². The largest absolute Gasteiger partial charge is 0.492 e. The lowest BCUT2D eigenvalue weighted by Crippen LogP contribution is -2.16. The van der Waals surface area contributed by atoms with Crippen LogP contribution in [-0.4, -0.2) is 24.9 Å². The van der Waals surface area contributed by atoms with E-state index >= 15 is 0 Å². The molecule has 0 bridgehead atoms. The van der Waals surface area contributed by atoms with E-state index in [0.717, 1.165) is 11.3 Å². The average molecular weight is 374 g/mol. The highest BCUT2D eigenvalue weighted by molar-refractivity contribution is 14.1. The Kier molecular flexibility index (Phi) is 3.41. The van der Waals surface area contributed by atoms with Crippen molar-refractivity contribution in [3.8, 4) is 17.3 Å². The molecule has 0 aliphatic rings. The summed E-state index contributed by atoms with van der Waals surface area (Å²) in [5.74, 6) is 0.0732. The van der Waals surface area contributed by atoms with E-state index < -0.39 is 0 Å². The fourth-order valence-corrected chi connectivity index (χ4v) is 2.05. The van der Waals surface area contributed by atoms with E-state index in [1.807, 2.05) is 27.8 Å². The summed E-state index contributed by atoms with van der Waals surface area (Å²) in [7, 11) is 1.81. The van der Waals surface area contributed by atoms with Gasteiger partial charge in [-0.25, -0.2) is 0 Å². The third-order valence-corrected chi connectivity index (χ3v) is 3.61. The van der Waals surface area contributed by atoms with Crippen LogP contribution in [0.5, 0.6) is 5.88 Å². The number of rotatable bonds is 1. The molecule has 0 fully saturated rings. The van der Waals surface area contributed by atoms with Gasteiger partial charge in [0.2, 0.25) is 5.88 Å². The van der Waals surface area contributed by atoms with Crippen molar-refractivity contribution in [2.45, 2.75) is 26.2 Å². The molecule has 7 heteroatoms. The van der Waals surface area contributed by atoms with Crippen LogP contribution in [0.1, 0.15) is 26.5 Å². The van der Waals surface area contributed by atoms with Crippen molar-refractivity contribution in [1.82, 2.24) is 19.7 Å². The fourth-order valence-electron chi connectivity index (χ4n) is 1.79. The summed E-state index contributed by atoms with van der Waals surface area (Å²) in [6.45, 7) is 6.09. The monoisotopic (exact) mass is 374 g/mol. The van der Waals surface area contributed by atoms with Crippen LogP contribution >= 0.6 is 22.6 Å². The Morgan fingerprint density at radius 3 is 2.58 bits per heavy atom. The van der Waals surface area contributed by atoms with Crippen molar-refractivity contribution in [1.29, 1.82) is 0 Å². The van der Waals surface area contributed by atoms with E-state index in [-0.39, 0.29) is 20.4 Å². The number of aromatic amines is 1. The lowest BCUT2D eigenvalue weighted by molar-refractivity contribution is 0.447. The quantitative estimate of drug-likeness (QED) is 0.746. The van der Waals surface area contributed by atoms with Gasteiger partial charge >= 0.3 is 0 Å². The van der Waals surface area contributed by atoms with Crippen LogP contribution in [-0.2, 0) is 12.5 Å². The Hall–Kier alpha value is -1.38. The maximum Gasteiger partial charge on any atom is 0.268 e. The summed E-state index contributed by atoms with van der Waals surface area (Å²) < 4.78 is 1.85. The second-order valence-electron chi connectivity index (χ2n) is 5.37. The number of aromatic hydroxyl groups is 1. The third kappa shape index (κ3) is 2.65. The number of hydrogen-bond donors (Lipinski definition) is 2. The molecule has 0 radical (unpaired) electrons. The van der Waals surface area contributed by atoms with Crippen molar-refractivity contribution < 1.29 is 5.11 Å². The van der Waals surface area contributed by atoms with Gasteiger partial charge in [-0.15, -0.1) is 0 Å². The normalized spacial score (nSPS) is 11.8. The summed E-state index contributed by atoms with van der Waals surface area (Å²) in [5.41, 5.74) is 0.998. The second-order valence-corrected chi connectivity index (χ2v) is 6.45. The van der Waals surface area contributed by atoms with Gasteiger partial charge in [0, 0.05) is 18.7 Å². The summed E-state index contributed by atoms with van der Waals surface area (Å²) in [6.07, 6.45) is 1.78. The molecule has 0 atom stereocenters. The number of H-pyrrole nitrogens is 1. The first kappa shape index (κ1) is 14.0. The number of aromatic nitrogens is 4. The van der Waals surface area contributed by atoms with Gasteiger partial charge in [-0.3, -0.25) is 9.48 Å². The van der Waals surface area contributed by atoms with Crippen LogP contribution in [0.4, 0.5) is 0 Å². The van der Waals surface area contributed by atoms with Crippen LogP contribution in [0.25, 0.3) is 11.4 Å². The molecule has 2 N–H and O–H groups in total. The molecule has 102 valence electrons. The highest BCUT2D eigenvalue weighted by Crippen LogP contribution is 2.30. The minimum atomic E-state index is -0.355. The van der Waals surface area contributed by atoms with Crippen LogP contribution < -0.4 is 5.56 Å². The summed E-state index contributed by atoms with van der Waals surface area (Å²) in [5, 5.41) is 14.1. The van der Waals surface area contributed by atoms with Crippen molar-refractivity contribution >= 4 is 22.6 Å². The predicted octanol–water partition coefficient (Wildman–Crippen LogP) is 1.78. The molecule has 0 saturated heterocycles. The first-order valence-corrected chi connectivity index (χ1v) is 6.81. The standard InChI is InChI=1S/C12H15IN4O2/c1-12(2,3)8-6(5-17(4)16-8)9-14-10(18)7(13)11(19)15-9/h5H,1-4H3,(H2,14,15,18,19). The Bertz CT molecular complexity index is 682.